The van der Waals surface area contributed by atoms with Gasteiger partial charge in [-0.3, -0.25) is 19.3 Å². The zero-order valence-corrected chi connectivity index (χ0v) is 12.4. The second-order valence-electron chi connectivity index (χ2n) is 5.46. The number of hydrogen-bond donors (Lipinski definition) is 2. The van der Waals surface area contributed by atoms with Gasteiger partial charge < -0.3 is 10.4 Å². The molecule has 1 aromatic carbocycles. The molecule has 0 spiro atoms. The van der Waals surface area contributed by atoms with E-state index in [1.165, 1.54) is 25.2 Å². The van der Waals surface area contributed by atoms with Gasteiger partial charge in [-0.15, -0.1) is 0 Å². The van der Waals surface area contributed by atoms with E-state index in [2.05, 4.69) is 5.32 Å². The highest BCUT2D eigenvalue weighted by Gasteiger charge is 2.33. The molecule has 1 aromatic rings. The largest absolute Gasteiger partial charge is 0.480 e. The number of carboxylic acid groups (broad SMARTS) is 1. The predicted octanol–water partition coefficient (Wildman–Crippen LogP) is 0.751. The average Bonchev–Trinajstić information content (AvgIpc) is 2.68. The summed E-state index contributed by atoms with van der Waals surface area (Å²) in [7, 11) is 1.36. The van der Waals surface area contributed by atoms with Gasteiger partial charge in [0.15, 0.2) is 0 Å². The van der Waals surface area contributed by atoms with Crippen LogP contribution in [0, 0.1) is 5.92 Å². The van der Waals surface area contributed by atoms with E-state index in [0.29, 0.717) is 0 Å². The van der Waals surface area contributed by atoms with Crippen LogP contribution in [0.1, 0.15) is 44.9 Å². The Morgan fingerprint density at radius 3 is 2.27 bits per heavy atom. The molecule has 1 atom stereocenters. The number of carbonyl (C=O) groups is 4. The third-order valence-corrected chi connectivity index (χ3v) is 3.57. The van der Waals surface area contributed by atoms with Crippen molar-refractivity contribution in [2.24, 2.45) is 5.92 Å². The van der Waals surface area contributed by atoms with Crippen molar-refractivity contribution in [1.29, 1.82) is 0 Å². The number of carboxylic acids is 1. The van der Waals surface area contributed by atoms with Gasteiger partial charge in [-0.1, -0.05) is 13.8 Å². The van der Waals surface area contributed by atoms with E-state index >= 15 is 0 Å². The maximum atomic E-state index is 12.1. The van der Waals surface area contributed by atoms with E-state index in [1.807, 2.05) is 0 Å². The number of nitrogens with one attached hydrogen (secondary N) is 1. The molecule has 3 amide bonds. The van der Waals surface area contributed by atoms with Crippen LogP contribution in [0.2, 0.25) is 0 Å². The molecule has 0 bridgehead atoms. The lowest BCUT2D eigenvalue weighted by molar-refractivity contribution is -0.140. The standard InChI is InChI=1S/C15H16N2O5/c1-7(2)11(15(21)22)16-12(18)8-4-5-9-10(6-8)14(20)17(3)13(9)19/h4-7,11H,1-3H3,(H,16,18)(H,21,22)/t11-/m1/s1. The Morgan fingerprint density at radius 1 is 1.14 bits per heavy atom. The fourth-order valence-electron chi connectivity index (χ4n) is 2.24. The number of imide groups is 1. The minimum atomic E-state index is -1.13. The fourth-order valence-corrected chi connectivity index (χ4v) is 2.24. The Kier molecular flexibility index (Phi) is 3.99. The maximum absolute atomic E-state index is 12.1. The van der Waals surface area contributed by atoms with Gasteiger partial charge in [0, 0.05) is 12.6 Å². The van der Waals surface area contributed by atoms with Gasteiger partial charge in [0.25, 0.3) is 17.7 Å². The van der Waals surface area contributed by atoms with Crippen LogP contribution in [-0.2, 0) is 4.79 Å². The molecule has 2 N–H and O–H groups in total. The lowest BCUT2D eigenvalue weighted by Gasteiger charge is -2.17. The molecule has 1 aliphatic heterocycles. The summed E-state index contributed by atoms with van der Waals surface area (Å²) in [5, 5.41) is 11.5. The maximum Gasteiger partial charge on any atom is 0.326 e. The summed E-state index contributed by atoms with van der Waals surface area (Å²) < 4.78 is 0. The highest BCUT2D eigenvalue weighted by Crippen LogP contribution is 2.22. The van der Waals surface area contributed by atoms with Crippen molar-refractivity contribution in [2.75, 3.05) is 7.05 Å². The molecule has 7 heteroatoms. The number of nitrogens with zero attached hydrogens (tertiary/aromatic N) is 1. The monoisotopic (exact) mass is 304 g/mol. The number of hydrogen-bond acceptors (Lipinski definition) is 4. The van der Waals surface area contributed by atoms with Crippen LogP contribution in [0.4, 0.5) is 0 Å². The lowest BCUT2D eigenvalue weighted by atomic mass is 10.0. The van der Waals surface area contributed by atoms with Gasteiger partial charge in [-0.25, -0.2) is 4.79 Å². The Bertz CT molecular complexity index is 681. The molecule has 116 valence electrons. The van der Waals surface area contributed by atoms with Crippen LogP contribution in [-0.4, -0.2) is 46.8 Å². The predicted molar refractivity (Wildman–Crippen MR) is 76.6 cm³/mol. The Morgan fingerprint density at radius 2 is 1.73 bits per heavy atom. The smallest absolute Gasteiger partial charge is 0.326 e. The first-order valence-corrected chi connectivity index (χ1v) is 6.74. The highest BCUT2D eigenvalue weighted by atomic mass is 16.4. The molecule has 0 aromatic heterocycles. The van der Waals surface area contributed by atoms with Crippen LogP contribution in [0.5, 0.6) is 0 Å². The van der Waals surface area contributed by atoms with Crippen molar-refractivity contribution in [3.63, 3.8) is 0 Å². The van der Waals surface area contributed by atoms with Crippen LogP contribution < -0.4 is 5.32 Å². The molecule has 2 rings (SSSR count). The molecule has 1 aliphatic rings. The molecule has 0 saturated heterocycles. The van der Waals surface area contributed by atoms with Gasteiger partial charge in [-0.2, -0.15) is 0 Å². The molecule has 0 radical (unpaired) electrons. The third-order valence-electron chi connectivity index (χ3n) is 3.57. The van der Waals surface area contributed by atoms with Crippen molar-refractivity contribution in [1.82, 2.24) is 10.2 Å². The van der Waals surface area contributed by atoms with E-state index in [1.54, 1.807) is 13.8 Å². The summed E-state index contributed by atoms with van der Waals surface area (Å²) in [6.07, 6.45) is 0. The van der Waals surface area contributed by atoms with Gasteiger partial charge in [-0.05, 0) is 24.1 Å². The number of amides is 3. The summed E-state index contributed by atoms with van der Waals surface area (Å²) in [4.78, 5) is 47.9. The molecular weight excluding hydrogens is 288 g/mol. The van der Waals surface area contributed by atoms with Crippen molar-refractivity contribution in [3.8, 4) is 0 Å². The SMILES string of the molecule is CC(C)[C@@H](NC(=O)c1ccc2c(c1)C(=O)N(C)C2=O)C(=O)O. The van der Waals surface area contributed by atoms with E-state index in [4.69, 9.17) is 5.11 Å². The van der Waals surface area contributed by atoms with Crippen LogP contribution in [0.3, 0.4) is 0 Å². The third kappa shape index (κ3) is 2.57. The van der Waals surface area contributed by atoms with Gasteiger partial charge in [0.2, 0.25) is 0 Å². The zero-order valence-electron chi connectivity index (χ0n) is 12.4. The van der Waals surface area contributed by atoms with Gasteiger partial charge in [0.05, 0.1) is 11.1 Å². The lowest BCUT2D eigenvalue weighted by Crippen LogP contribution is -2.44. The summed E-state index contributed by atoms with van der Waals surface area (Å²) >= 11 is 0. The minimum absolute atomic E-state index is 0.141. The molecule has 0 saturated carbocycles. The number of fused-ring (bicyclic) bond motifs is 1. The summed E-state index contributed by atoms with van der Waals surface area (Å²) in [5.41, 5.74) is 0.529. The molecule has 0 aliphatic carbocycles. The first-order valence-electron chi connectivity index (χ1n) is 6.74. The number of benzene rings is 1. The van der Waals surface area contributed by atoms with E-state index in [0.717, 1.165) is 4.90 Å². The second kappa shape index (κ2) is 5.59. The number of rotatable bonds is 4. The van der Waals surface area contributed by atoms with Gasteiger partial charge in [0.1, 0.15) is 6.04 Å². The number of aliphatic carboxylic acids is 1. The van der Waals surface area contributed by atoms with E-state index in [-0.39, 0.29) is 22.6 Å². The van der Waals surface area contributed by atoms with Crippen molar-refractivity contribution >= 4 is 23.7 Å². The quantitative estimate of drug-likeness (QED) is 0.799. The average molecular weight is 304 g/mol. The summed E-state index contributed by atoms with van der Waals surface area (Å²) in [6, 6.07) is 3.09. The molecule has 22 heavy (non-hydrogen) atoms. The first-order chi connectivity index (χ1) is 10.2. The number of carbonyl (C=O) groups excluding carboxylic acids is 3. The molecule has 0 unspecified atom stereocenters. The Balaban J connectivity index is 2.28. The zero-order chi connectivity index (χ0) is 16.6. The summed E-state index contributed by atoms with van der Waals surface area (Å²) in [6.45, 7) is 3.36. The topological polar surface area (TPSA) is 104 Å². The van der Waals surface area contributed by atoms with E-state index < -0.39 is 29.7 Å². The molecular formula is C15H16N2O5. The van der Waals surface area contributed by atoms with Crippen molar-refractivity contribution in [2.45, 2.75) is 19.9 Å². The highest BCUT2D eigenvalue weighted by molar-refractivity contribution is 6.21. The van der Waals surface area contributed by atoms with Crippen LogP contribution in [0.25, 0.3) is 0 Å². The minimum Gasteiger partial charge on any atom is -0.480 e. The van der Waals surface area contributed by atoms with Gasteiger partial charge >= 0.3 is 5.97 Å². The molecule has 0 fully saturated rings. The Labute approximate surface area is 126 Å². The van der Waals surface area contributed by atoms with Crippen LogP contribution >= 0.6 is 0 Å². The first kappa shape index (κ1) is 15.7. The normalized spacial score (nSPS) is 15.0. The summed E-state index contributed by atoms with van der Waals surface area (Å²) in [5.74, 6) is -2.91. The second-order valence-corrected chi connectivity index (χ2v) is 5.46. The Hall–Kier alpha value is -2.70. The molecule has 1 heterocycles. The molecule has 7 nitrogen and oxygen atoms in total. The fraction of sp³-hybridized carbons (Fsp3) is 0.333. The van der Waals surface area contributed by atoms with Crippen molar-refractivity contribution in [3.05, 3.63) is 34.9 Å². The van der Waals surface area contributed by atoms with Crippen molar-refractivity contribution < 1.29 is 24.3 Å². The van der Waals surface area contributed by atoms with Crippen LogP contribution in [0.15, 0.2) is 18.2 Å². The van der Waals surface area contributed by atoms with E-state index in [9.17, 15) is 19.2 Å².